The number of carbonyl (C=O) groups is 2. The van der Waals surface area contributed by atoms with E-state index in [0.29, 0.717) is 32.8 Å². The highest BCUT2D eigenvalue weighted by Gasteiger charge is 2.33. The normalized spacial score (nSPS) is 17.2. The smallest absolute Gasteiger partial charge is 0.338 e. The van der Waals surface area contributed by atoms with Crippen molar-refractivity contribution < 1.29 is 24.2 Å². The van der Waals surface area contributed by atoms with Crippen molar-refractivity contribution in [1.82, 2.24) is 10.6 Å². The van der Waals surface area contributed by atoms with Crippen molar-refractivity contribution in [2.45, 2.75) is 26.8 Å². The molecule has 8 heteroatoms. The lowest BCUT2D eigenvalue weighted by Gasteiger charge is -2.28. The van der Waals surface area contributed by atoms with Crippen molar-refractivity contribution in [2.75, 3.05) is 13.2 Å². The van der Waals surface area contributed by atoms with E-state index in [1.807, 2.05) is 22.6 Å². The number of halogens is 1. The number of nitrogens with one attached hydrogen (secondary N) is 2. The van der Waals surface area contributed by atoms with Gasteiger partial charge in [-0.2, -0.15) is 0 Å². The fraction of sp³-hybridized carbons (Fsp3) is 0.375. The molecule has 3 N–H and O–H groups in total. The molecule has 1 unspecified atom stereocenters. The van der Waals surface area contributed by atoms with Crippen LogP contribution in [0.15, 0.2) is 23.4 Å². The van der Waals surface area contributed by atoms with E-state index in [1.54, 1.807) is 32.9 Å². The van der Waals surface area contributed by atoms with Crippen LogP contribution >= 0.6 is 22.6 Å². The third-order valence-corrected chi connectivity index (χ3v) is 4.27. The topological polar surface area (TPSA) is 96.9 Å². The molecule has 0 bridgehead atoms. The lowest BCUT2D eigenvalue weighted by molar-refractivity contribution is -0.139. The maximum Gasteiger partial charge on any atom is 0.338 e. The quantitative estimate of drug-likeness (QED) is 0.478. The number of benzene rings is 1. The maximum absolute atomic E-state index is 12.3. The molecule has 1 aromatic rings. The van der Waals surface area contributed by atoms with E-state index in [2.05, 4.69) is 10.6 Å². The summed E-state index contributed by atoms with van der Waals surface area (Å²) < 4.78 is 11.1. The summed E-state index contributed by atoms with van der Waals surface area (Å²) in [6.45, 7) is 5.78. The second-order valence-electron chi connectivity index (χ2n) is 5.07. The number of allylic oxidation sites excluding steroid dienone is 1. The molecule has 0 spiro atoms. The van der Waals surface area contributed by atoms with Gasteiger partial charge in [0.1, 0.15) is 0 Å². The molecule has 0 saturated heterocycles. The Hall–Kier alpha value is -1.97. The van der Waals surface area contributed by atoms with Crippen molar-refractivity contribution in [3.05, 3.63) is 32.5 Å². The summed E-state index contributed by atoms with van der Waals surface area (Å²) in [5.41, 5.74) is 1.38. The summed E-state index contributed by atoms with van der Waals surface area (Å²) in [4.78, 5) is 24.2. The number of hydrogen-bond acceptors (Lipinski definition) is 5. The SMILES string of the molecule is CCOC(=O)C1=C(C)NC(=O)NC1c1cc(I)c(O)c(OCC)c1. The zero-order valence-corrected chi connectivity index (χ0v) is 15.8. The van der Waals surface area contributed by atoms with Crippen LogP contribution in [0.1, 0.15) is 32.4 Å². The molecule has 0 fully saturated rings. The average molecular weight is 446 g/mol. The molecule has 1 aliphatic heterocycles. The Bertz CT molecular complexity index is 702. The second-order valence-corrected chi connectivity index (χ2v) is 6.24. The van der Waals surface area contributed by atoms with E-state index in [-0.39, 0.29) is 12.4 Å². The first-order valence-electron chi connectivity index (χ1n) is 7.49. The van der Waals surface area contributed by atoms with E-state index in [0.717, 1.165) is 0 Å². The minimum absolute atomic E-state index is 0.0276. The second kappa shape index (κ2) is 7.73. The van der Waals surface area contributed by atoms with Gasteiger partial charge in [0.05, 0.1) is 28.4 Å². The minimum Gasteiger partial charge on any atom is -0.504 e. The lowest BCUT2D eigenvalue weighted by atomic mass is 9.95. The summed E-state index contributed by atoms with van der Waals surface area (Å²) in [5, 5.41) is 15.4. The molecule has 0 saturated carbocycles. The predicted molar refractivity (Wildman–Crippen MR) is 95.7 cm³/mol. The highest BCUT2D eigenvalue weighted by Crippen LogP contribution is 2.37. The Morgan fingerprint density at radius 3 is 2.67 bits per heavy atom. The number of rotatable bonds is 5. The molecule has 7 nitrogen and oxygen atoms in total. The summed E-state index contributed by atoms with van der Waals surface area (Å²) in [6, 6.07) is 2.21. The van der Waals surface area contributed by atoms with Gasteiger partial charge in [0.25, 0.3) is 0 Å². The van der Waals surface area contributed by atoms with E-state index in [1.165, 1.54) is 0 Å². The summed E-state index contributed by atoms with van der Waals surface area (Å²) >= 11 is 1.97. The summed E-state index contributed by atoms with van der Waals surface area (Å²) in [5.74, 6) is -0.179. The zero-order valence-electron chi connectivity index (χ0n) is 13.6. The Morgan fingerprint density at radius 1 is 1.33 bits per heavy atom. The lowest BCUT2D eigenvalue weighted by Crippen LogP contribution is -2.45. The highest BCUT2D eigenvalue weighted by atomic mass is 127. The zero-order chi connectivity index (χ0) is 17.9. The first kappa shape index (κ1) is 18.4. The van der Waals surface area contributed by atoms with E-state index < -0.39 is 18.0 Å². The number of ether oxygens (including phenoxy) is 2. The van der Waals surface area contributed by atoms with Crippen molar-refractivity contribution in [2.24, 2.45) is 0 Å². The minimum atomic E-state index is -0.689. The number of esters is 1. The Morgan fingerprint density at radius 2 is 2.04 bits per heavy atom. The monoisotopic (exact) mass is 446 g/mol. The van der Waals surface area contributed by atoms with Crippen LogP contribution in [0, 0.1) is 3.57 Å². The third-order valence-electron chi connectivity index (χ3n) is 3.45. The van der Waals surface area contributed by atoms with Gasteiger partial charge in [0.15, 0.2) is 11.5 Å². The van der Waals surface area contributed by atoms with Crippen LogP contribution in [0.5, 0.6) is 11.5 Å². The molecule has 0 aliphatic carbocycles. The van der Waals surface area contributed by atoms with Gasteiger partial charge in [-0.3, -0.25) is 0 Å². The van der Waals surface area contributed by atoms with Gasteiger partial charge in [0, 0.05) is 5.70 Å². The maximum atomic E-state index is 12.3. The number of carbonyl (C=O) groups excluding carboxylic acids is 2. The van der Waals surface area contributed by atoms with Crippen molar-refractivity contribution in [1.29, 1.82) is 0 Å². The average Bonchev–Trinajstić information content (AvgIpc) is 2.51. The Balaban J connectivity index is 2.53. The third kappa shape index (κ3) is 3.74. The van der Waals surface area contributed by atoms with E-state index >= 15 is 0 Å². The van der Waals surface area contributed by atoms with Crippen LogP contribution in [-0.2, 0) is 9.53 Å². The number of amides is 2. The predicted octanol–water partition coefficient (Wildman–Crippen LogP) is 2.59. The van der Waals surface area contributed by atoms with Crippen molar-refractivity contribution in [3.63, 3.8) is 0 Å². The molecule has 2 rings (SSSR count). The van der Waals surface area contributed by atoms with Gasteiger partial charge < -0.3 is 25.2 Å². The molecule has 1 heterocycles. The molecule has 130 valence electrons. The van der Waals surface area contributed by atoms with Gasteiger partial charge >= 0.3 is 12.0 Å². The highest BCUT2D eigenvalue weighted by molar-refractivity contribution is 14.1. The molecular weight excluding hydrogens is 427 g/mol. The molecule has 2 amide bonds. The number of aromatic hydroxyl groups is 1. The van der Waals surface area contributed by atoms with Gasteiger partial charge in [-0.15, -0.1) is 0 Å². The number of urea groups is 1. The largest absolute Gasteiger partial charge is 0.504 e. The molecule has 24 heavy (non-hydrogen) atoms. The van der Waals surface area contributed by atoms with Crippen LogP contribution in [0.4, 0.5) is 4.79 Å². The van der Waals surface area contributed by atoms with Crippen LogP contribution in [0.3, 0.4) is 0 Å². The van der Waals surface area contributed by atoms with Crippen LogP contribution in [0.2, 0.25) is 0 Å². The summed E-state index contributed by atoms with van der Waals surface area (Å²) in [7, 11) is 0. The Labute approximate surface area is 153 Å². The first-order chi connectivity index (χ1) is 11.4. The van der Waals surface area contributed by atoms with Crippen LogP contribution in [0.25, 0.3) is 0 Å². The fourth-order valence-corrected chi connectivity index (χ4v) is 3.07. The number of hydrogen-bond donors (Lipinski definition) is 3. The van der Waals surface area contributed by atoms with Gasteiger partial charge in [-0.1, -0.05) is 0 Å². The first-order valence-corrected chi connectivity index (χ1v) is 8.57. The number of phenolic OH excluding ortho intramolecular Hbond substituents is 1. The van der Waals surface area contributed by atoms with Crippen LogP contribution < -0.4 is 15.4 Å². The van der Waals surface area contributed by atoms with Gasteiger partial charge in [-0.25, -0.2) is 9.59 Å². The molecule has 1 atom stereocenters. The van der Waals surface area contributed by atoms with Crippen molar-refractivity contribution >= 4 is 34.6 Å². The fourth-order valence-electron chi connectivity index (χ4n) is 2.45. The van der Waals surface area contributed by atoms with Crippen LogP contribution in [-0.4, -0.2) is 30.3 Å². The molecule has 1 aliphatic rings. The van der Waals surface area contributed by atoms with E-state index in [4.69, 9.17) is 9.47 Å². The Kier molecular flexibility index (Phi) is 5.92. The molecule has 0 aromatic heterocycles. The van der Waals surface area contributed by atoms with Gasteiger partial charge in [-0.05, 0) is 61.1 Å². The standard InChI is InChI=1S/C16H19IN2O5/c1-4-23-11-7-9(6-10(17)14(11)20)13-12(15(21)24-5-2)8(3)18-16(22)19-13/h6-7,13,20H,4-5H2,1-3H3,(H2,18,19,22). The summed E-state index contributed by atoms with van der Waals surface area (Å²) in [6.07, 6.45) is 0. The van der Waals surface area contributed by atoms with E-state index in [9.17, 15) is 14.7 Å². The van der Waals surface area contributed by atoms with Gasteiger partial charge in [0.2, 0.25) is 0 Å². The number of phenols is 1. The molecule has 0 radical (unpaired) electrons. The molecule has 1 aromatic carbocycles. The molecular formula is C16H19IN2O5. The van der Waals surface area contributed by atoms with Crippen molar-refractivity contribution in [3.8, 4) is 11.5 Å².